The summed E-state index contributed by atoms with van der Waals surface area (Å²) >= 11 is 0. The van der Waals surface area contributed by atoms with E-state index in [0.29, 0.717) is 33.9 Å². The largest absolute Gasteiger partial charge is 0.496 e. The second-order valence-electron chi connectivity index (χ2n) is 6.26. The Morgan fingerprint density at radius 2 is 2.00 bits per heavy atom. The van der Waals surface area contributed by atoms with E-state index in [-0.39, 0.29) is 24.6 Å². The maximum atomic E-state index is 12.1. The van der Waals surface area contributed by atoms with Gasteiger partial charge in [-0.2, -0.15) is 10.3 Å². The van der Waals surface area contributed by atoms with Gasteiger partial charge < -0.3 is 14.2 Å². The van der Waals surface area contributed by atoms with Crippen LogP contribution in [-0.2, 0) is 11.3 Å². The number of H-pyrrole nitrogens is 1. The number of hydrogen-bond acceptors (Lipinski definition) is 8. The molecule has 0 aliphatic carbocycles. The van der Waals surface area contributed by atoms with E-state index in [2.05, 4.69) is 15.4 Å². The van der Waals surface area contributed by atoms with Crippen LogP contribution in [0.4, 0.5) is 5.69 Å². The molecule has 0 saturated carbocycles. The average molecular weight is 412 g/mol. The second-order valence-corrected chi connectivity index (χ2v) is 6.26. The fraction of sp³-hybridized carbons (Fsp3) is 0.250. The SMILES string of the molecule is CCOC(=O)c1n[nH]nc1-c1ccc(OC)c(COc2ccc([N+](=O)[O-])c(C)c2)c1. The molecule has 1 heterocycles. The van der Waals surface area contributed by atoms with Crippen molar-refractivity contribution in [3.05, 3.63) is 63.3 Å². The van der Waals surface area contributed by atoms with Crippen molar-refractivity contribution in [2.24, 2.45) is 0 Å². The highest BCUT2D eigenvalue weighted by atomic mass is 16.6. The highest BCUT2D eigenvalue weighted by molar-refractivity contribution is 5.94. The smallest absolute Gasteiger partial charge is 0.361 e. The monoisotopic (exact) mass is 412 g/mol. The second kappa shape index (κ2) is 9.03. The zero-order valence-corrected chi connectivity index (χ0v) is 16.7. The number of nitrogens with zero attached hydrogens (tertiary/aromatic N) is 3. The molecule has 0 fully saturated rings. The van der Waals surface area contributed by atoms with Crippen LogP contribution in [0.5, 0.6) is 11.5 Å². The van der Waals surface area contributed by atoms with Crippen molar-refractivity contribution in [2.75, 3.05) is 13.7 Å². The van der Waals surface area contributed by atoms with E-state index < -0.39 is 10.9 Å². The zero-order valence-electron chi connectivity index (χ0n) is 16.7. The number of nitro benzene ring substituents is 1. The Balaban J connectivity index is 1.86. The lowest BCUT2D eigenvalue weighted by atomic mass is 10.1. The number of carbonyl (C=O) groups is 1. The van der Waals surface area contributed by atoms with Gasteiger partial charge in [-0.15, -0.1) is 5.10 Å². The normalized spacial score (nSPS) is 10.5. The molecule has 3 rings (SSSR count). The maximum Gasteiger partial charge on any atom is 0.361 e. The van der Waals surface area contributed by atoms with Gasteiger partial charge in [0.05, 0.1) is 18.6 Å². The molecule has 0 radical (unpaired) electrons. The topological polar surface area (TPSA) is 129 Å². The van der Waals surface area contributed by atoms with Gasteiger partial charge in [0.2, 0.25) is 0 Å². The van der Waals surface area contributed by atoms with Crippen LogP contribution in [0.2, 0.25) is 0 Å². The third-order valence-corrected chi connectivity index (χ3v) is 4.33. The molecule has 30 heavy (non-hydrogen) atoms. The summed E-state index contributed by atoms with van der Waals surface area (Å²) in [5, 5.41) is 21.3. The molecule has 0 aliphatic rings. The predicted octanol–water partition coefficient (Wildman–Crippen LogP) is 3.45. The van der Waals surface area contributed by atoms with E-state index >= 15 is 0 Å². The van der Waals surface area contributed by atoms with E-state index in [9.17, 15) is 14.9 Å². The van der Waals surface area contributed by atoms with Gasteiger partial charge in [0.1, 0.15) is 23.8 Å². The third kappa shape index (κ3) is 4.37. The van der Waals surface area contributed by atoms with E-state index in [1.165, 1.54) is 19.2 Å². The number of methoxy groups -OCH3 is 1. The number of aromatic amines is 1. The minimum Gasteiger partial charge on any atom is -0.496 e. The molecule has 3 aromatic rings. The highest BCUT2D eigenvalue weighted by Crippen LogP contribution is 2.29. The first-order valence-corrected chi connectivity index (χ1v) is 9.07. The van der Waals surface area contributed by atoms with Crippen molar-refractivity contribution >= 4 is 11.7 Å². The number of esters is 1. The lowest BCUT2D eigenvalue weighted by molar-refractivity contribution is -0.385. The molecule has 0 spiro atoms. The molecule has 2 aromatic carbocycles. The Hall–Kier alpha value is -3.95. The van der Waals surface area contributed by atoms with Crippen molar-refractivity contribution in [3.63, 3.8) is 0 Å². The summed E-state index contributed by atoms with van der Waals surface area (Å²) in [5.74, 6) is 0.494. The lowest BCUT2D eigenvalue weighted by Crippen LogP contribution is -2.07. The van der Waals surface area contributed by atoms with Crippen molar-refractivity contribution in [3.8, 4) is 22.8 Å². The number of rotatable bonds is 8. The Morgan fingerprint density at radius 3 is 2.67 bits per heavy atom. The first-order chi connectivity index (χ1) is 14.4. The molecule has 1 N–H and O–H groups in total. The molecule has 10 nitrogen and oxygen atoms in total. The molecule has 0 amide bonds. The lowest BCUT2D eigenvalue weighted by Gasteiger charge is -2.12. The van der Waals surface area contributed by atoms with Gasteiger partial charge in [-0.1, -0.05) is 0 Å². The molecule has 0 atom stereocenters. The number of carbonyl (C=O) groups excluding carboxylic acids is 1. The van der Waals surface area contributed by atoms with Gasteiger partial charge in [-0.3, -0.25) is 10.1 Å². The molecule has 0 saturated heterocycles. The average Bonchev–Trinajstić information content (AvgIpc) is 3.22. The first kappa shape index (κ1) is 20.8. The van der Waals surface area contributed by atoms with Crippen molar-refractivity contribution in [1.82, 2.24) is 15.4 Å². The fourth-order valence-electron chi connectivity index (χ4n) is 2.90. The number of nitrogens with one attached hydrogen (secondary N) is 1. The van der Waals surface area contributed by atoms with Crippen molar-refractivity contribution in [2.45, 2.75) is 20.5 Å². The Kier molecular flexibility index (Phi) is 6.26. The molecular weight excluding hydrogens is 392 g/mol. The Morgan fingerprint density at radius 1 is 1.20 bits per heavy atom. The summed E-state index contributed by atoms with van der Waals surface area (Å²) in [5.41, 5.74) is 2.29. The first-order valence-electron chi connectivity index (χ1n) is 9.07. The Bertz CT molecular complexity index is 1080. The number of benzene rings is 2. The molecule has 0 bridgehead atoms. The van der Waals surface area contributed by atoms with Gasteiger partial charge in [0.15, 0.2) is 5.69 Å². The minimum atomic E-state index is -0.573. The third-order valence-electron chi connectivity index (χ3n) is 4.33. The standard InChI is InChI=1S/C20H20N4O6/c1-4-29-20(25)19-18(21-23-22-19)13-5-8-17(28-3)14(10-13)11-30-15-6-7-16(24(26)27)12(2)9-15/h5-10H,4,11H2,1-3H3,(H,21,22,23). The summed E-state index contributed by atoms with van der Waals surface area (Å²) in [7, 11) is 1.54. The van der Waals surface area contributed by atoms with Crippen LogP contribution in [0.25, 0.3) is 11.3 Å². The van der Waals surface area contributed by atoms with Crippen LogP contribution in [0.15, 0.2) is 36.4 Å². The van der Waals surface area contributed by atoms with Crippen LogP contribution >= 0.6 is 0 Å². The van der Waals surface area contributed by atoms with E-state index in [1.807, 2.05) is 0 Å². The molecule has 10 heteroatoms. The summed E-state index contributed by atoms with van der Waals surface area (Å²) < 4.78 is 16.2. The van der Waals surface area contributed by atoms with Gasteiger partial charge >= 0.3 is 5.97 Å². The van der Waals surface area contributed by atoms with Gasteiger partial charge in [0, 0.05) is 22.8 Å². The van der Waals surface area contributed by atoms with E-state index in [4.69, 9.17) is 14.2 Å². The summed E-state index contributed by atoms with van der Waals surface area (Å²) in [4.78, 5) is 22.6. The van der Waals surface area contributed by atoms with Crippen LogP contribution in [0.3, 0.4) is 0 Å². The minimum absolute atomic E-state index is 0.0273. The van der Waals surface area contributed by atoms with Crippen LogP contribution < -0.4 is 9.47 Å². The summed E-state index contributed by atoms with van der Waals surface area (Å²) in [6.45, 7) is 3.72. The number of hydrogen-bond donors (Lipinski definition) is 1. The summed E-state index contributed by atoms with van der Waals surface area (Å²) in [6.07, 6.45) is 0. The van der Waals surface area contributed by atoms with Gasteiger partial charge in [0.25, 0.3) is 5.69 Å². The Labute approximate surface area is 171 Å². The fourth-order valence-corrected chi connectivity index (χ4v) is 2.90. The van der Waals surface area contributed by atoms with Crippen LogP contribution in [0, 0.1) is 17.0 Å². The van der Waals surface area contributed by atoms with E-state index in [0.717, 1.165) is 0 Å². The number of ether oxygens (including phenoxy) is 3. The summed E-state index contributed by atoms with van der Waals surface area (Å²) in [6, 6.07) is 9.80. The number of aromatic nitrogens is 3. The van der Waals surface area contributed by atoms with Gasteiger partial charge in [-0.25, -0.2) is 4.79 Å². The highest BCUT2D eigenvalue weighted by Gasteiger charge is 2.20. The van der Waals surface area contributed by atoms with Crippen molar-refractivity contribution < 1.29 is 23.9 Å². The maximum absolute atomic E-state index is 12.1. The zero-order chi connectivity index (χ0) is 21.7. The van der Waals surface area contributed by atoms with Crippen molar-refractivity contribution in [1.29, 1.82) is 0 Å². The molecule has 1 aromatic heterocycles. The number of aryl methyl sites for hydroxylation is 1. The molecular formula is C20H20N4O6. The number of nitro groups is 1. The van der Waals surface area contributed by atoms with Crippen LogP contribution in [-0.4, -0.2) is 40.0 Å². The van der Waals surface area contributed by atoms with Gasteiger partial charge in [-0.05, 0) is 44.2 Å². The quantitative estimate of drug-likeness (QED) is 0.338. The molecule has 156 valence electrons. The molecule has 0 aliphatic heterocycles. The molecule has 0 unspecified atom stereocenters. The van der Waals surface area contributed by atoms with Crippen LogP contribution in [0.1, 0.15) is 28.5 Å². The predicted molar refractivity (Wildman–Crippen MR) is 106 cm³/mol. The van der Waals surface area contributed by atoms with E-state index in [1.54, 1.807) is 38.1 Å².